The summed E-state index contributed by atoms with van der Waals surface area (Å²) < 4.78 is 0.708. The van der Waals surface area contributed by atoms with Crippen LogP contribution in [0.25, 0.3) is 0 Å². The van der Waals surface area contributed by atoms with E-state index in [0.29, 0.717) is 16.9 Å². The van der Waals surface area contributed by atoms with Crippen LogP contribution in [0.4, 0.5) is 0 Å². The molecule has 1 fully saturated rings. The van der Waals surface area contributed by atoms with E-state index in [1.807, 2.05) is 0 Å². The molecule has 1 aliphatic rings. The Hall–Kier alpha value is -0.650. The lowest BCUT2D eigenvalue weighted by molar-refractivity contribution is -0.862. The number of likely N-dealkylation sites (N-methyl/N-ethyl adjacent to an activating group) is 1. The van der Waals surface area contributed by atoms with Gasteiger partial charge in [-0.15, -0.1) is 0 Å². The van der Waals surface area contributed by atoms with Gasteiger partial charge < -0.3 is 19.2 Å². The highest BCUT2D eigenvalue weighted by atomic mass is 16.2. The van der Waals surface area contributed by atoms with Gasteiger partial charge in [0.1, 0.15) is 0 Å². The number of nitrogens with zero attached hydrogens (tertiary/aromatic N) is 4. The molecule has 0 aliphatic carbocycles. The molecule has 0 aromatic carbocycles. The first-order chi connectivity index (χ1) is 19.4. The number of hydrogen-bond donors (Lipinski definition) is 0. The van der Waals surface area contributed by atoms with Crippen LogP contribution >= 0.6 is 0 Å². The molecule has 1 heterocycles. The molecule has 5 nitrogen and oxygen atoms in total. The van der Waals surface area contributed by atoms with Crippen molar-refractivity contribution in [2.75, 3.05) is 80.0 Å². The second kappa shape index (κ2) is 24.9. The van der Waals surface area contributed by atoms with Gasteiger partial charge in [0.2, 0.25) is 0 Å². The zero-order valence-corrected chi connectivity index (χ0v) is 28.2. The lowest BCUT2D eigenvalue weighted by Gasteiger charge is -2.30. The van der Waals surface area contributed by atoms with Gasteiger partial charge in [-0.3, -0.25) is 4.79 Å². The summed E-state index contributed by atoms with van der Waals surface area (Å²) in [6.07, 6.45) is 27.8. The maximum atomic E-state index is 13.2. The highest BCUT2D eigenvalue weighted by Gasteiger charge is 2.23. The lowest BCUT2D eigenvalue weighted by atomic mass is 10.1. The molecule has 1 saturated heterocycles. The SMILES string of the molecule is CCCCCCCCCCCCN1CCN(CCCCCCCCCCCC)CCN(C(=O)C[N+](C)(C)C)CC1. The average Bonchev–Trinajstić information content (AvgIpc) is 3.01. The van der Waals surface area contributed by atoms with Crippen LogP contribution in [0.15, 0.2) is 0 Å². The van der Waals surface area contributed by atoms with Crippen molar-refractivity contribution in [3.05, 3.63) is 0 Å². The molecule has 0 aromatic heterocycles. The third-order valence-electron chi connectivity index (χ3n) is 8.72. The Morgan fingerprint density at radius 3 is 1.10 bits per heavy atom. The minimum Gasteiger partial charge on any atom is -0.335 e. The number of carbonyl (C=O) groups excluding carboxylic acids is 1. The van der Waals surface area contributed by atoms with Crippen LogP contribution in [-0.2, 0) is 4.79 Å². The van der Waals surface area contributed by atoms with E-state index in [-0.39, 0.29) is 0 Å². The number of unbranched alkanes of at least 4 members (excludes halogenated alkanes) is 18. The Morgan fingerprint density at radius 1 is 0.475 bits per heavy atom. The normalized spacial score (nSPS) is 16.2. The van der Waals surface area contributed by atoms with Gasteiger partial charge in [0.15, 0.2) is 6.54 Å². The summed E-state index contributed by atoms with van der Waals surface area (Å²) in [4.78, 5) is 20.7. The molecule has 40 heavy (non-hydrogen) atoms. The summed E-state index contributed by atoms with van der Waals surface area (Å²) in [6, 6.07) is 0. The number of amides is 1. The number of hydrogen-bond acceptors (Lipinski definition) is 3. The fraction of sp³-hybridized carbons (Fsp3) is 0.971. The molecule has 0 N–H and O–H groups in total. The van der Waals surface area contributed by atoms with E-state index < -0.39 is 0 Å². The van der Waals surface area contributed by atoms with Crippen LogP contribution in [0.2, 0.25) is 0 Å². The van der Waals surface area contributed by atoms with Gasteiger partial charge in [-0.25, -0.2) is 0 Å². The van der Waals surface area contributed by atoms with Crippen molar-refractivity contribution >= 4 is 5.91 Å². The molecule has 0 spiro atoms. The molecule has 0 saturated carbocycles. The Balaban J connectivity index is 2.41. The van der Waals surface area contributed by atoms with E-state index in [4.69, 9.17) is 0 Å². The zero-order valence-electron chi connectivity index (χ0n) is 28.2. The third-order valence-corrected chi connectivity index (χ3v) is 8.72. The van der Waals surface area contributed by atoms with Crippen molar-refractivity contribution in [2.24, 2.45) is 0 Å². The largest absolute Gasteiger partial charge is 0.335 e. The van der Waals surface area contributed by atoms with Crippen molar-refractivity contribution in [2.45, 2.75) is 142 Å². The maximum absolute atomic E-state index is 13.2. The first-order valence-corrected chi connectivity index (χ1v) is 17.9. The summed E-state index contributed by atoms with van der Waals surface area (Å²) in [5.41, 5.74) is 0. The van der Waals surface area contributed by atoms with Crippen LogP contribution in [0.1, 0.15) is 142 Å². The molecule has 1 aliphatic heterocycles. The van der Waals surface area contributed by atoms with Gasteiger partial charge in [-0.05, 0) is 25.9 Å². The van der Waals surface area contributed by atoms with Gasteiger partial charge in [-0.2, -0.15) is 0 Å². The molecule has 1 amide bonds. The summed E-state index contributed by atoms with van der Waals surface area (Å²) in [5, 5.41) is 0. The predicted octanol–water partition coefficient (Wildman–Crippen LogP) is 7.98. The molecule has 0 unspecified atom stereocenters. The Morgan fingerprint density at radius 2 is 0.775 bits per heavy atom. The monoisotopic (exact) mass is 566 g/mol. The van der Waals surface area contributed by atoms with E-state index in [0.717, 1.165) is 39.3 Å². The third kappa shape index (κ3) is 22.0. The van der Waals surface area contributed by atoms with Crippen LogP contribution in [-0.4, -0.2) is 105 Å². The smallest absolute Gasteiger partial charge is 0.277 e. The molecule has 238 valence electrons. The quantitative estimate of drug-likeness (QED) is 0.0877. The van der Waals surface area contributed by atoms with Crippen LogP contribution in [0.5, 0.6) is 0 Å². The summed E-state index contributed by atoms with van der Waals surface area (Å²) in [5.74, 6) is 0.326. The summed E-state index contributed by atoms with van der Waals surface area (Å²) in [6.45, 7) is 13.7. The van der Waals surface area contributed by atoms with Crippen molar-refractivity contribution in [1.82, 2.24) is 14.7 Å². The van der Waals surface area contributed by atoms with Crippen molar-refractivity contribution < 1.29 is 9.28 Å². The van der Waals surface area contributed by atoms with Crippen LogP contribution in [0.3, 0.4) is 0 Å². The fourth-order valence-electron chi connectivity index (χ4n) is 5.99. The van der Waals surface area contributed by atoms with Crippen LogP contribution < -0.4 is 0 Å². The number of carbonyl (C=O) groups is 1. The molecular weight excluding hydrogens is 492 g/mol. The first-order valence-electron chi connectivity index (χ1n) is 17.9. The first kappa shape index (κ1) is 37.4. The lowest BCUT2D eigenvalue weighted by Crippen LogP contribution is -2.48. The Kier molecular flexibility index (Phi) is 23.3. The molecule has 1 rings (SSSR count). The fourth-order valence-corrected chi connectivity index (χ4v) is 5.99. The molecule has 0 radical (unpaired) electrons. The molecule has 0 atom stereocenters. The number of rotatable bonds is 24. The standard InChI is InChI=1S/C35H73N4O/c1-6-8-10-12-14-16-18-20-22-24-26-36-28-29-37(27-25-23-21-19-17-15-13-11-9-7-2)31-33-38(32-30-36)35(40)34-39(3,4)5/h6-34H2,1-5H3/q+1. The zero-order chi connectivity index (χ0) is 29.3. The second-order valence-corrected chi connectivity index (χ2v) is 13.9. The van der Waals surface area contributed by atoms with Gasteiger partial charge in [0.25, 0.3) is 5.91 Å². The Labute approximate surface area is 252 Å². The topological polar surface area (TPSA) is 26.8 Å². The minimum absolute atomic E-state index is 0.326. The highest BCUT2D eigenvalue weighted by molar-refractivity contribution is 5.77. The molecular formula is C35H73N4O+. The minimum atomic E-state index is 0.326. The van der Waals surface area contributed by atoms with Gasteiger partial charge >= 0.3 is 0 Å². The van der Waals surface area contributed by atoms with Crippen molar-refractivity contribution in [3.8, 4) is 0 Å². The molecule has 0 bridgehead atoms. The Bertz CT molecular complexity index is 540. The van der Waals surface area contributed by atoms with E-state index >= 15 is 0 Å². The average molecular weight is 566 g/mol. The van der Waals surface area contributed by atoms with Gasteiger partial charge in [0.05, 0.1) is 21.1 Å². The van der Waals surface area contributed by atoms with E-state index in [9.17, 15) is 4.79 Å². The maximum Gasteiger partial charge on any atom is 0.277 e. The number of quaternary nitrogens is 1. The van der Waals surface area contributed by atoms with Crippen LogP contribution in [0, 0.1) is 0 Å². The van der Waals surface area contributed by atoms with Gasteiger partial charge in [-0.1, -0.05) is 129 Å². The van der Waals surface area contributed by atoms with Gasteiger partial charge in [0, 0.05) is 39.3 Å². The van der Waals surface area contributed by atoms with E-state index in [1.54, 1.807) is 0 Å². The second-order valence-electron chi connectivity index (χ2n) is 13.9. The highest BCUT2D eigenvalue weighted by Crippen LogP contribution is 2.13. The molecule has 5 heteroatoms. The summed E-state index contributed by atoms with van der Waals surface area (Å²) >= 11 is 0. The summed E-state index contributed by atoms with van der Waals surface area (Å²) in [7, 11) is 6.38. The predicted molar refractivity (Wildman–Crippen MR) is 176 cm³/mol. The van der Waals surface area contributed by atoms with E-state index in [1.165, 1.54) is 142 Å². The van der Waals surface area contributed by atoms with Crippen molar-refractivity contribution in [1.29, 1.82) is 0 Å². The van der Waals surface area contributed by atoms with Crippen molar-refractivity contribution in [3.63, 3.8) is 0 Å². The molecule has 0 aromatic rings. The van der Waals surface area contributed by atoms with E-state index in [2.05, 4.69) is 49.7 Å².